The lowest BCUT2D eigenvalue weighted by Gasteiger charge is -2.21. The molecule has 0 fully saturated rings. The van der Waals surface area contributed by atoms with Crippen LogP contribution in [0.4, 0.5) is 26.3 Å². The fourth-order valence-corrected chi connectivity index (χ4v) is 1.70. The molecule has 0 spiro atoms. The van der Waals surface area contributed by atoms with Crippen molar-refractivity contribution in [1.29, 1.82) is 0 Å². The number of aryl methyl sites for hydroxylation is 1. The molecule has 0 aliphatic carbocycles. The van der Waals surface area contributed by atoms with Crippen molar-refractivity contribution in [2.75, 3.05) is 7.11 Å². The first kappa shape index (κ1) is 14.7. The SMILES string of the molecule is CCc1ccc(OC)c(C(F)(F)F)c1C(F)(F)F. The highest BCUT2D eigenvalue weighted by molar-refractivity contribution is 5.48. The van der Waals surface area contributed by atoms with Gasteiger partial charge in [0, 0.05) is 0 Å². The molecule has 102 valence electrons. The van der Waals surface area contributed by atoms with E-state index in [1.165, 1.54) is 6.92 Å². The fraction of sp³-hybridized carbons (Fsp3) is 0.455. The molecular weight excluding hydrogens is 262 g/mol. The van der Waals surface area contributed by atoms with Crippen molar-refractivity contribution >= 4 is 0 Å². The van der Waals surface area contributed by atoms with Crippen LogP contribution in [0.2, 0.25) is 0 Å². The van der Waals surface area contributed by atoms with Crippen LogP contribution >= 0.6 is 0 Å². The van der Waals surface area contributed by atoms with Crippen molar-refractivity contribution in [3.63, 3.8) is 0 Å². The minimum atomic E-state index is -5.12. The molecule has 0 aliphatic heterocycles. The number of methoxy groups -OCH3 is 1. The van der Waals surface area contributed by atoms with Gasteiger partial charge in [0.05, 0.1) is 12.7 Å². The Morgan fingerprint density at radius 3 is 1.78 bits per heavy atom. The second-order valence-corrected chi connectivity index (χ2v) is 3.53. The van der Waals surface area contributed by atoms with Gasteiger partial charge in [-0.05, 0) is 18.1 Å². The van der Waals surface area contributed by atoms with Crippen LogP contribution in [0.25, 0.3) is 0 Å². The zero-order chi connectivity index (χ0) is 14.1. The second kappa shape index (κ2) is 4.70. The number of hydrogen-bond acceptors (Lipinski definition) is 1. The lowest BCUT2D eigenvalue weighted by molar-refractivity contribution is -0.163. The Balaban J connectivity index is 3.71. The van der Waals surface area contributed by atoms with E-state index in [1.807, 2.05) is 0 Å². The molecule has 0 amide bonds. The normalized spacial score (nSPS) is 12.7. The lowest BCUT2D eigenvalue weighted by atomic mass is 9.97. The van der Waals surface area contributed by atoms with Gasteiger partial charge < -0.3 is 4.74 Å². The van der Waals surface area contributed by atoms with Crippen LogP contribution in [0.3, 0.4) is 0 Å². The molecule has 1 nitrogen and oxygen atoms in total. The summed E-state index contributed by atoms with van der Waals surface area (Å²) in [5, 5.41) is 0. The van der Waals surface area contributed by atoms with E-state index < -0.39 is 34.8 Å². The summed E-state index contributed by atoms with van der Waals surface area (Å²) in [5.74, 6) is -0.827. The van der Waals surface area contributed by atoms with E-state index in [4.69, 9.17) is 0 Å². The molecule has 0 heterocycles. The third kappa shape index (κ3) is 2.70. The molecule has 0 unspecified atom stereocenters. The number of halogens is 6. The van der Waals surface area contributed by atoms with Gasteiger partial charge in [-0.3, -0.25) is 0 Å². The largest absolute Gasteiger partial charge is 0.496 e. The van der Waals surface area contributed by atoms with Gasteiger partial charge in [-0.1, -0.05) is 13.0 Å². The monoisotopic (exact) mass is 272 g/mol. The van der Waals surface area contributed by atoms with E-state index in [-0.39, 0.29) is 6.42 Å². The van der Waals surface area contributed by atoms with E-state index >= 15 is 0 Å². The molecular formula is C11H10F6O. The zero-order valence-electron chi connectivity index (χ0n) is 9.54. The number of benzene rings is 1. The summed E-state index contributed by atoms with van der Waals surface area (Å²) in [4.78, 5) is 0. The molecule has 7 heteroatoms. The van der Waals surface area contributed by atoms with Crippen molar-refractivity contribution in [3.05, 3.63) is 28.8 Å². The Bertz CT molecular complexity index is 391. The van der Waals surface area contributed by atoms with Crippen LogP contribution in [-0.2, 0) is 18.8 Å². The molecule has 1 aromatic carbocycles. The Kier molecular flexibility index (Phi) is 3.83. The maximum absolute atomic E-state index is 12.8. The molecule has 0 aromatic heterocycles. The van der Waals surface area contributed by atoms with Crippen LogP contribution in [-0.4, -0.2) is 7.11 Å². The highest BCUT2D eigenvalue weighted by Crippen LogP contribution is 2.46. The van der Waals surface area contributed by atoms with Crippen molar-refractivity contribution in [2.24, 2.45) is 0 Å². The van der Waals surface area contributed by atoms with Gasteiger partial charge in [-0.15, -0.1) is 0 Å². The Hall–Kier alpha value is -1.40. The van der Waals surface area contributed by atoms with Gasteiger partial charge in [0.15, 0.2) is 0 Å². The predicted molar refractivity (Wildman–Crippen MR) is 52.4 cm³/mol. The van der Waals surface area contributed by atoms with E-state index in [0.29, 0.717) is 0 Å². The van der Waals surface area contributed by atoms with Gasteiger partial charge in [-0.2, -0.15) is 26.3 Å². The van der Waals surface area contributed by atoms with E-state index in [9.17, 15) is 26.3 Å². The molecule has 0 radical (unpaired) electrons. The fourth-order valence-electron chi connectivity index (χ4n) is 1.70. The van der Waals surface area contributed by atoms with E-state index in [0.717, 1.165) is 19.2 Å². The van der Waals surface area contributed by atoms with E-state index in [2.05, 4.69) is 4.74 Å². The van der Waals surface area contributed by atoms with E-state index in [1.54, 1.807) is 0 Å². The first-order chi connectivity index (χ1) is 8.12. The van der Waals surface area contributed by atoms with Crippen molar-refractivity contribution in [3.8, 4) is 5.75 Å². The van der Waals surface area contributed by atoms with Gasteiger partial charge in [0.2, 0.25) is 0 Å². The summed E-state index contributed by atoms with van der Waals surface area (Å²) in [6.45, 7) is 1.36. The van der Waals surface area contributed by atoms with Crippen molar-refractivity contribution < 1.29 is 31.1 Å². The van der Waals surface area contributed by atoms with Crippen LogP contribution in [0, 0.1) is 0 Å². The smallest absolute Gasteiger partial charge is 0.420 e. The van der Waals surface area contributed by atoms with Crippen molar-refractivity contribution in [1.82, 2.24) is 0 Å². The predicted octanol–water partition coefficient (Wildman–Crippen LogP) is 4.30. The Morgan fingerprint density at radius 1 is 0.944 bits per heavy atom. The maximum Gasteiger partial charge on any atom is 0.420 e. The molecule has 1 aromatic rings. The number of rotatable bonds is 2. The maximum atomic E-state index is 12.8. The minimum Gasteiger partial charge on any atom is -0.496 e. The molecule has 0 saturated carbocycles. The van der Waals surface area contributed by atoms with Gasteiger partial charge in [-0.25, -0.2) is 0 Å². The first-order valence-corrected chi connectivity index (χ1v) is 4.97. The molecule has 0 saturated heterocycles. The molecule has 0 bridgehead atoms. The highest BCUT2D eigenvalue weighted by atomic mass is 19.4. The minimum absolute atomic E-state index is 0.151. The molecule has 0 N–H and O–H groups in total. The summed E-state index contributed by atoms with van der Waals surface area (Å²) in [6.07, 6.45) is -10.4. The lowest BCUT2D eigenvalue weighted by Crippen LogP contribution is -2.20. The average Bonchev–Trinajstić information content (AvgIpc) is 2.24. The number of ether oxygens (including phenoxy) is 1. The van der Waals surface area contributed by atoms with Crippen LogP contribution in [0.1, 0.15) is 23.6 Å². The topological polar surface area (TPSA) is 9.23 Å². The Morgan fingerprint density at radius 2 is 1.44 bits per heavy atom. The summed E-state index contributed by atoms with van der Waals surface area (Å²) in [7, 11) is 0.899. The van der Waals surface area contributed by atoms with Crippen LogP contribution in [0.5, 0.6) is 5.75 Å². The third-order valence-electron chi connectivity index (χ3n) is 2.42. The van der Waals surface area contributed by atoms with Crippen molar-refractivity contribution in [2.45, 2.75) is 25.7 Å². The third-order valence-corrected chi connectivity index (χ3v) is 2.42. The number of alkyl halides is 6. The standard InChI is InChI=1S/C11H10F6O/c1-3-6-4-5-7(18-2)9(11(15,16)17)8(6)10(12,13)14/h4-5H,3H2,1-2H3. The van der Waals surface area contributed by atoms with Gasteiger partial charge in [0.1, 0.15) is 11.3 Å². The second-order valence-electron chi connectivity index (χ2n) is 3.53. The average molecular weight is 272 g/mol. The summed E-state index contributed by atoms with van der Waals surface area (Å²) >= 11 is 0. The molecule has 0 aliphatic rings. The quantitative estimate of drug-likeness (QED) is 0.729. The summed E-state index contributed by atoms with van der Waals surface area (Å²) < 4.78 is 81.0. The summed E-state index contributed by atoms with van der Waals surface area (Å²) in [6, 6.07) is 1.90. The molecule has 18 heavy (non-hydrogen) atoms. The van der Waals surface area contributed by atoms with Crippen LogP contribution in [0.15, 0.2) is 12.1 Å². The number of hydrogen-bond donors (Lipinski definition) is 0. The van der Waals surface area contributed by atoms with Gasteiger partial charge >= 0.3 is 12.4 Å². The van der Waals surface area contributed by atoms with Crippen LogP contribution < -0.4 is 4.74 Å². The summed E-state index contributed by atoms with van der Waals surface area (Å²) in [5.41, 5.74) is -3.84. The Labute approximate surface area is 99.4 Å². The highest BCUT2D eigenvalue weighted by Gasteiger charge is 2.46. The molecule has 1 rings (SSSR count). The van der Waals surface area contributed by atoms with Gasteiger partial charge in [0.25, 0.3) is 0 Å². The zero-order valence-corrected chi connectivity index (χ0v) is 9.54. The first-order valence-electron chi connectivity index (χ1n) is 4.97. The molecule has 0 atom stereocenters.